The van der Waals surface area contributed by atoms with Crippen molar-refractivity contribution in [3.8, 4) is 28.7 Å². The highest BCUT2D eigenvalue weighted by molar-refractivity contribution is 9.10. The van der Waals surface area contributed by atoms with Crippen LogP contribution in [0.2, 0.25) is 0 Å². The van der Waals surface area contributed by atoms with Gasteiger partial charge in [0.2, 0.25) is 11.8 Å². The van der Waals surface area contributed by atoms with Gasteiger partial charge in [-0.1, -0.05) is 39.8 Å². The predicted octanol–water partition coefficient (Wildman–Crippen LogP) is 6.28. The number of carbonyl (C=O) groups excluding carboxylic acids is 1. The van der Waals surface area contributed by atoms with Gasteiger partial charge in [-0.25, -0.2) is 4.39 Å². The number of halogens is 2. The van der Waals surface area contributed by atoms with E-state index >= 15 is 0 Å². The normalized spacial score (nSPS) is 10.7. The fraction of sp³-hybridized carbons (Fsp3) is 0.0909. The summed E-state index contributed by atoms with van der Waals surface area (Å²) in [6.45, 7) is 1.86. The molecule has 0 saturated carbocycles. The molecule has 0 fully saturated rings. The van der Waals surface area contributed by atoms with Crippen molar-refractivity contribution in [1.29, 1.82) is 5.26 Å². The third-order valence-electron chi connectivity index (χ3n) is 4.41. The minimum absolute atomic E-state index is 0.0374. The molecule has 32 heavy (non-hydrogen) atoms. The lowest BCUT2D eigenvalue weighted by Crippen LogP contribution is -2.13. The zero-order valence-electron chi connectivity index (χ0n) is 16.6. The molecule has 0 aliphatic carbocycles. The first-order valence-electron chi connectivity index (χ1n) is 9.26. The molecule has 4 aromatic rings. The number of carbonyl (C=O) groups is 1. The summed E-state index contributed by atoms with van der Waals surface area (Å²) in [6.07, 6.45) is 0. The number of nitriles is 1. The highest BCUT2D eigenvalue weighted by Gasteiger charge is 2.19. The van der Waals surface area contributed by atoms with E-state index < -0.39 is 0 Å². The Morgan fingerprint density at radius 2 is 1.88 bits per heavy atom. The maximum atomic E-state index is 13.3. The van der Waals surface area contributed by atoms with E-state index in [1.54, 1.807) is 12.1 Å². The number of rotatable bonds is 6. The Morgan fingerprint density at radius 3 is 2.56 bits per heavy atom. The zero-order chi connectivity index (χ0) is 22.7. The molecule has 2 aromatic carbocycles. The van der Waals surface area contributed by atoms with E-state index in [2.05, 4.69) is 37.5 Å². The number of nitrogens with one attached hydrogen (secondary N) is 1. The number of hydrogen-bond donors (Lipinski definition) is 1. The van der Waals surface area contributed by atoms with E-state index in [0.29, 0.717) is 22.0 Å². The van der Waals surface area contributed by atoms with Gasteiger partial charge in [0.05, 0.1) is 11.3 Å². The molecule has 0 aliphatic heterocycles. The number of aromatic nitrogens is 2. The predicted molar refractivity (Wildman–Crippen MR) is 126 cm³/mol. The maximum Gasteiger partial charge on any atom is 0.277 e. The minimum atomic E-state index is -0.352. The summed E-state index contributed by atoms with van der Waals surface area (Å²) in [6, 6.07) is 15.5. The SMILES string of the molecule is Cc1sc(NC(=O)CSc2nnc(-c3ccc(Br)cc3)o2)c(C#N)c1-c1ccc(F)cc1. The Kier molecular flexibility index (Phi) is 6.69. The molecular formula is C22H14BrFN4O2S2. The van der Waals surface area contributed by atoms with Gasteiger partial charge < -0.3 is 9.73 Å². The first-order valence-corrected chi connectivity index (χ1v) is 11.9. The van der Waals surface area contributed by atoms with Crippen LogP contribution in [0.25, 0.3) is 22.6 Å². The van der Waals surface area contributed by atoms with Crippen LogP contribution < -0.4 is 5.32 Å². The van der Waals surface area contributed by atoms with Crippen molar-refractivity contribution in [2.45, 2.75) is 12.1 Å². The third-order valence-corrected chi connectivity index (χ3v) is 6.77. The molecule has 0 radical (unpaired) electrons. The molecule has 0 spiro atoms. The second-order valence-corrected chi connectivity index (χ2v) is 9.64. The van der Waals surface area contributed by atoms with Gasteiger partial charge in [-0.05, 0) is 48.9 Å². The van der Waals surface area contributed by atoms with Crippen molar-refractivity contribution >= 4 is 49.9 Å². The number of amides is 1. The van der Waals surface area contributed by atoms with Gasteiger partial charge in [0.1, 0.15) is 16.9 Å². The highest BCUT2D eigenvalue weighted by atomic mass is 79.9. The van der Waals surface area contributed by atoms with Gasteiger partial charge >= 0.3 is 0 Å². The van der Waals surface area contributed by atoms with Crippen molar-refractivity contribution in [3.63, 3.8) is 0 Å². The average molecular weight is 529 g/mol. The molecular weight excluding hydrogens is 515 g/mol. The van der Waals surface area contributed by atoms with Crippen LogP contribution in [0.5, 0.6) is 0 Å². The number of nitrogens with zero attached hydrogens (tertiary/aromatic N) is 3. The standard InChI is InChI=1S/C22H14BrFN4O2S2/c1-12-19(13-4-8-16(24)9-5-13)17(10-25)21(32-12)26-18(29)11-31-22-28-27-20(30-22)14-2-6-15(23)7-3-14/h2-9H,11H2,1H3,(H,26,29). The minimum Gasteiger partial charge on any atom is -0.411 e. The van der Waals surface area contributed by atoms with Crippen LogP contribution in [-0.4, -0.2) is 21.9 Å². The van der Waals surface area contributed by atoms with Gasteiger partial charge in [0, 0.05) is 20.5 Å². The Hall–Kier alpha value is -3.00. The molecule has 0 saturated heterocycles. The number of thioether (sulfide) groups is 1. The van der Waals surface area contributed by atoms with E-state index in [1.165, 1.54) is 23.5 Å². The Balaban J connectivity index is 1.44. The van der Waals surface area contributed by atoms with E-state index in [9.17, 15) is 14.4 Å². The van der Waals surface area contributed by atoms with Crippen LogP contribution >= 0.6 is 39.0 Å². The van der Waals surface area contributed by atoms with Crippen LogP contribution in [0, 0.1) is 24.1 Å². The highest BCUT2D eigenvalue weighted by Crippen LogP contribution is 2.39. The van der Waals surface area contributed by atoms with Crippen LogP contribution in [0.15, 0.2) is 62.6 Å². The lowest BCUT2D eigenvalue weighted by atomic mass is 10.0. The number of anilines is 1. The van der Waals surface area contributed by atoms with Crippen LogP contribution in [0.1, 0.15) is 10.4 Å². The largest absolute Gasteiger partial charge is 0.411 e. The van der Waals surface area contributed by atoms with E-state index in [-0.39, 0.29) is 22.7 Å². The quantitative estimate of drug-likeness (QED) is 0.296. The van der Waals surface area contributed by atoms with Crippen molar-refractivity contribution in [2.75, 3.05) is 11.1 Å². The fourth-order valence-corrected chi connectivity index (χ4v) is 4.84. The summed E-state index contributed by atoms with van der Waals surface area (Å²) in [5, 5.41) is 21.2. The number of benzene rings is 2. The monoisotopic (exact) mass is 528 g/mol. The van der Waals surface area contributed by atoms with Crippen molar-refractivity contribution in [1.82, 2.24) is 10.2 Å². The molecule has 4 rings (SSSR count). The molecule has 2 heterocycles. The maximum absolute atomic E-state index is 13.3. The van der Waals surface area contributed by atoms with Crippen LogP contribution in [0.3, 0.4) is 0 Å². The topological polar surface area (TPSA) is 91.8 Å². The first-order chi connectivity index (χ1) is 15.4. The van der Waals surface area contributed by atoms with Crippen LogP contribution in [-0.2, 0) is 4.79 Å². The van der Waals surface area contributed by atoms with Crippen molar-refractivity contribution in [3.05, 3.63) is 69.3 Å². The number of hydrogen-bond acceptors (Lipinski definition) is 7. The average Bonchev–Trinajstić information content (AvgIpc) is 3.37. The smallest absolute Gasteiger partial charge is 0.277 e. The summed E-state index contributed by atoms with van der Waals surface area (Å²) < 4.78 is 19.8. The van der Waals surface area contributed by atoms with E-state index in [4.69, 9.17) is 4.42 Å². The molecule has 10 heteroatoms. The van der Waals surface area contributed by atoms with Crippen LogP contribution in [0.4, 0.5) is 9.39 Å². The molecule has 0 atom stereocenters. The molecule has 2 aromatic heterocycles. The summed E-state index contributed by atoms with van der Waals surface area (Å²) in [4.78, 5) is 13.3. The molecule has 0 unspecified atom stereocenters. The lowest BCUT2D eigenvalue weighted by molar-refractivity contribution is -0.113. The molecule has 0 bridgehead atoms. The van der Waals surface area contributed by atoms with Crippen molar-refractivity contribution < 1.29 is 13.6 Å². The molecule has 1 amide bonds. The number of thiophene rings is 1. The second kappa shape index (κ2) is 9.65. The van der Waals surface area contributed by atoms with E-state index in [0.717, 1.165) is 32.2 Å². The Labute approximate surface area is 199 Å². The van der Waals surface area contributed by atoms with Gasteiger partial charge in [0.15, 0.2) is 0 Å². The summed E-state index contributed by atoms with van der Waals surface area (Å²) >= 11 is 5.79. The molecule has 0 aliphatic rings. The van der Waals surface area contributed by atoms with Gasteiger partial charge in [-0.2, -0.15) is 5.26 Å². The molecule has 6 nitrogen and oxygen atoms in total. The molecule has 160 valence electrons. The van der Waals surface area contributed by atoms with Gasteiger partial charge in [-0.15, -0.1) is 21.5 Å². The summed E-state index contributed by atoms with van der Waals surface area (Å²) in [5.74, 6) is -0.253. The molecule has 1 N–H and O–H groups in total. The number of aryl methyl sites for hydroxylation is 1. The Bertz CT molecular complexity index is 1310. The van der Waals surface area contributed by atoms with Crippen molar-refractivity contribution in [2.24, 2.45) is 0 Å². The fourth-order valence-electron chi connectivity index (χ4n) is 2.97. The zero-order valence-corrected chi connectivity index (χ0v) is 19.8. The first kappa shape index (κ1) is 22.2. The summed E-state index contributed by atoms with van der Waals surface area (Å²) in [7, 11) is 0. The summed E-state index contributed by atoms with van der Waals surface area (Å²) in [5.41, 5.74) is 2.54. The third kappa shape index (κ3) is 4.91. The van der Waals surface area contributed by atoms with E-state index in [1.807, 2.05) is 31.2 Å². The Morgan fingerprint density at radius 1 is 1.19 bits per heavy atom. The second-order valence-electron chi connectivity index (χ2n) is 6.57. The van der Waals surface area contributed by atoms with Gasteiger partial charge in [-0.3, -0.25) is 4.79 Å². The van der Waals surface area contributed by atoms with Gasteiger partial charge in [0.25, 0.3) is 5.22 Å². The lowest BCUT2D eigenvalue weighted by Gasteiger charge is -2.03.